The molecule has 3 atom stereocenters. The summed E-state index contributed by atoms with van der Waals surface area (Å²) in [6, 6.07) is 1.08. The highest BCUT2D eigenvalue weighted by Crippen LogP contribution is 2.41. The van der Waals surface area contributed by atoms with Crippen LogP contribution in [0.4, 0.5) is 0 Å². The molecule has 3 unspecified atom stereocenters. The van der Waals surface area contributed by atoms with Gasteiger partial charge in [0.15, 0.2) is 0 Å². The van der Waals surface area contributed by atoms with Crippen LogP contribution in [0.25, 0.3) is 0 Å². The molecule has 0 aliphatic carbocycles. The highest BCUT2D eigenvalue weighted by Gasteiger charge is 2.44. The van der Waals surface area contributed by atoms with E-state index in [-0.39, 0.29) is 5.60 Å². The van der Waals surface area contributed by atoms with Crippen LogP contribution in [0.2, 0.25) is 0 Å². The van der Waals surface area contributed by atoms with E-state index in [0.717, 1.165) is 5.92 Å². The molecule has 0 saturated carbocycles. The molecule has 0 aromatic rings. The molecular weight excluding hydrogens is 214 g/mol. The molecular formula is C14H27NO2. The SMILES string of the molecule is CCC1CC2CCC(C1)N2C(O)OC(C)(C)C. The van der Waals surface area contributed by atoms with Crippen LogP contribution < -0.4 is 0 Å². The lowest BCUT2D eigenvalue weighted by Crippen LogP contribution is -2.51. The Hall–Kier alpha value is -0.120. The van der Waals surface area contributed by atoms with E-state index in [1.807, 2.05) is 20.8 Å². The zero-order valence-electron chi connectivity index (χ0n) is 11.6. The lowest BCUT2D eigenvalue weighted by Gasteiger charge is -2.42. The maximum atomic E-state index is 10.3. The fourth-order valence-electron chi connectivity index (χ4n) is 3.40. The first-order chi connectivity index (χ1) is 7.90. The second kappa shape index (κ2) is 4.87. The summed E-state index contributed by atoms with van der Waals surface area (Å²) in [5.41, 5.74) is -0.277. The average Bonchev–Trinajstić information content (AvgIpc) is 2.47. The van der Waals surface area contributed by atoms with Gasteiger partial charge in [-0.2, -0.15) is 0 Å². The molecule has 1 N–H and O–H groups in total. The van der Waals surface area contributed by atoms with Crippen LogP contribution >= 0.6 is 0 Å². The largest absolute Gasteiger partial charge is 0.356 e. The first-order valence-electron chi connectivity index (χ1n) is 7.04. The number of fused-ring (bicyclic) bond motifs is 2. The quantitative estimate of drug-likeness (QED) is 0.771. The van der Waals surface area contributed by atoms with E-state index in [9.17, 15) is 5.11 Å². The van der Waals surface area contributed by atoms with Crippen molar-refractivity contribution in [1.29, 1.82) is 0 Å². The molecule has 17 heavy (non-hydrogen) atoms. The molecule has 100 valence electrons. The Kier molecular flexibility index (Phi) is 3.81. The van der Waals surface area contributed by atoms with E-state index in [4.69, 9.17) is 4.74 Å². The standard InChI is InChI=1S/C14H27NO2/c1-5-10-8-11-6-7-12(9-10)15(11)13(16)17-14(2,3)4/h10-13,16H,5-9H2,1-4H3. The molecule has 3 nitrogen and oxygen atoms in total. The topological polar surface area (TPSA) is 32.7 Å². The molecule has 3 heteroatoms. The number of ether oxygens (including phenoxy) is 1. The van der Waals surface area contributed by atoms with Gasteiger partial charge in [0.1, 0.15) is 0 Å². The van der Waals surface area contributed by atoms with Gasteiger partial charge in [-0.05, 0) is 52.4 Å². The Morgan fingerprint density at radius 2 is 1.76 bits per heavy atom. The third-order valence-corrected chi connectivity index (χ3v) is 4.18. The molecule has 2 heterocycles. The summed E-state index contributed by atoms with van der Waals surface area (Å²) in [6.07, 6.45) is 5.48. The van der Waals surface area contributed by atoms with E-state index >= 15 is 0 Å². The minimum Gasteiger partial charge on any atom is -0.356 e. The van der Waals surface area contributed by atoms with Crippen molar-refractivity contribution in [3.63, 3.8) is 0 Å². The number of hydrogen-bond donors (Lipinski definition) is 1. The summed E-state index contributed by atoms with van der Waals surface area (Å²) in [4.78, 5) is 2.22. The van der Waals surface area contributed by atoms with Crippen molar-refractivity contribution >= 4 is 0 Å². The van der Waals surface area contributed by atoms with Crippen molar-refractivity contribution in [3.05, 3.63) is 0 Å². The summed E-state index contributed by atoms with van der Waals surface area (Å²) in [7, 11) is 0. The van der Waals surface area contributed by atoms with Gasteiger partial charge < -0.3 is 9.84 Å². The second-order valence-corrected chi connectivity index (χ2v) is 6.63. The van der Waals surface area contributed by atoms with Crippen molar-refractivity contribution in [1.82, 2.24) is 4.90 Å². The van der Waals surface area contributed by atoms with E-state index < -0.39 is 6.41 Å². The van der Waals surface area contributed by atoms with Gasteiger partial charge in [-0.3, -0.25) is 0 Å². The minimum absolute atomic E-state index is 0.277. The van der Waals surface area contributed by atoms with Crippen LogP contribution in [0.15, 0.2) is 0 Å². The summed E-state index contributed by atoms with van der Waals surface area (Å²) in [6.45, 7) is 8.27. The Morgan fingerprint density at radius 1 is 1.24 bits per heavy atom. The summed E-state index contributed by atoms with van der Waals surface area (Å²) >= 11 is 0. The Bertz CT molecular complexity index is 247. The third-order valence-electron chi connectivity index (χ3n) is 4.18. The predicted molar refractivity (Wildman–Crippen MR) is 68.5 cm³/mol. The zero-order valence-corrected chi connectivity index (χ0v) is 11.6. The van der Waals surface area contributed by atoms with Crippen molar-refractivity contribution in [2.45, 2.75) is 83.9 Å². The number of hydrogen-bond acceptors (Lipinski definition) is 3. The molecule has 0 amide bonds. The van der Waals surface area contributed by atoms with Gasteiger partial charge in [-0.15, -0.1) is 0 Å². The van der Waals surface area contributed by atoms with Gasteiger partial charge in [-0.25, -0.2) is 4.90 Å². The van der Waals surface area contributed by atoms with E-state index in [1.165, 1.54) is 32.1 Å². The fraction of sp³-hybridized carbons (Fsp3) is 1.00. The monoisotopic (exact) mass is 241 g/mol. The molecule has 0 aromatic carbocycles. The van der Waals surface area contributed by atoms with Crippen LogP contribution in [0.3, 0.4) is 0 Å². The number of piperidine rings is 1. The van der Waals surface area contributed by atoms with E-state index in [0.29, 0.717) is 12.1 Å². The Balaban J connectivity index is 1.99. The molecule has 2 saturated heterocycles. The summed E-state index contributed by atoms with van der Waals surface area (Å²) < 4.78 is 5.71. The summed E-state index contributed by atoms with van der Waals surface area (Å²) in [5, 5.41) is 10.3. The molecule has 2 aliphatic heterocycles. The lowest BCUT2D eigenvalue weighted by atomic mass is 9.89. The van der Waals surface area contributed by atoms with Crippen LogP contribution in [0, 0.1) is 5.92 Å². The lowest BCUT2D eigenvalue weighted by molar-refractivity contribution is -0.257. The minimum atomic E-state index is -0.717. The Morgan fingerprint density at radius 3 is 2.18 bits per heavy atom. The smallest absolute Gasteiger partial charge is 0.217 e. The van der Waals surface area contributed by atoms with Crippen LogP contribution in [-0.4, -0.2) is 34.1 Å². The number of aliphatic hydroxyl groups excluding tert-OH is 1. The van der Waals surface area contributed by atoms with Gasteiger partial charge in [0.2, 0.25) is 6.41 Å². The van der Waals surface area contributed by atoms with Crippen LogP contribution in [0.1, 0.15) is 59.8 Å². The van der Waals surface area contributed by atoms with Gasteiger partial charge in [0, 0.05) is 12.1 Å². The van der Waals surface area contributed by atoms with Gasteiger partial charge in [0.25, 0.3) is 0 Å². The van der Waals surface area contributed by atoms with Crippen LogP contribution in [0.5, 0.6) is 0 Å². The molecule has 0 spiro atoms. The average molecular weight is 241 g/mol. The third kappa shape index (κ3) is 3.01. The van der Waals surface area contributed by atoms with Gasteiger partial charge in [0.05, 0.1) is 5.60 Å². The van der Waals surface area contributed by atoms with Gasteiger partial charge in [-0.1, -0.05) is 13.3 Å². The second-order valence-electron chi connectivity index (χ2n) is 6.63. The zero-order chi connectivity index (χ0) is 12.6. The molecule has 0 radical (unpaired) electrons. The maximum Gasteiger partial charge on any atom is 0.217 e. The van der Waals surface area contributed by atoms with Gasteiger partial charge >= 0.3 is 0 Å². The first kappa shape index (κ1) is 13.3. The predicted octanol–water partition coefficient (Wildman–Crippen LogP) is 2.73. The molecule has 2 bridgehead atoms. The maximum absolute atomic E-state index is 10.3. The molecule has 0 aromatic heterocycles. The highest BCUT2D eigenvalue weighted by atomic mass is 16.6. The Labute approximate surface area is 105 Å². The van der Waals surface area contributed by atoms with Crippen molar-refractivity contribution in [2.24, 2.45) is 5.92 Å². The fourth-order valence-corrected chi connectivity index (χ4v) is 3.40. The van der Waals surface area contributed by atoms with Crippen LogP contribution in [-0.2, 0) is 4.74 Å². The first-order valence-corrected chi connectivity index (χ1v) is 7.04. The normalized spacial score (nSPS) is 36.2. The van der Waals surface area contributed by atoms with E-state index in [2.05, 4.69) is 11.8 Å². The summed E-state index contributed by atoms with van der Waals surface area (Å²) in [5.74, 6) is 0.852. The molecule has 2 aliphatic rings. The van der Waals surface area contributed by atoms with Crippen molar-refractivity contribution < 1.29 is 9.84 Å². The number of aliphatic hydroxyl groups is 1. The highest BCUT2D eigenvalue weighted by molar-refractivity contribution is 4.94. The number of nitrogens with zero attached hydrogens (tertiary/aromatic N) is 1. The molecule has 2 fully saturated rings. The van der Waals surface area contributed by atoms with E-state index in [1.54, 1.807) is 0 Å². The number of rotatable bonds is 3. The van der Waals surface area contributed by atoms with Crippen molar-refractivity contribution in [2.75, 3.05) is 0 Å². The van der Waals surface area contributed by atoms with Crippen molar-refractivity contribution in [3.8, 4) is 0 Å². The molecule has 2 rings (SSSR count).